The van der Waals surface area contributed by atoms with Gasteiger partial charge >= 0.3 is 0 Å². The minimum atomic E-state index is -0.843. The van der Waals surface area contributed by atoms with Gasteiger partial charge in [0, 0.05) is 22.8 Å². The smallest absolute Gasteiger partial charge is 0.269 e. The minimum absolute atomic E-state index is 0.00506. The summed E-state index contributed by atoms with van der Waals surface area (Å²) in [7, 11) is 0. The van der Waals surface area contributed by atoms with Crippen LogP contribution in [0.4, 0.5) is 11.5 Å². The van der Waals surface area contributed by atoms with Crippen LogP contribution in [0, 0.1) is 10.1 Å². The molecule has 1 heterocycles. The molecular weight excluding hydrogens is 350 g/mol. The van der Waals surface area contributed by atoms with Crippen LogP contribution in [0.5, 0.6) is 0 Å². The largest absolute Gasteiger partial charge is 0.310 e. The van der Waals surface area contributed by atoms with E-state index in [-0.39, 0.29) is 11.6 Å². The lowest BCUT2D eigenvalue weighted by Gasteiger charge is -2.23. The summed E-state index contributed by atoms with van der Waals surface area (Å²) in [5.74, 6) is 0.208. The number of nitro benzene ring substituents is 1. The van der Waals surface area contributed by atoms with Crippen LogP contribution in [0.3, 0.4) is 0 Å². The number of halogens is 1. The molecule has 0 radical (unpaired) electrons. The number of hydrogen-bond acceptors (Lipinski definition) is 4. The Morgan fingerprint density at radius 3 is 2.36 bits per heavy atom. The van der Waals surface area contributed by atoms with Crippen molar-refractivity contribution in [3.8, 4) is 0 Å². The first-order chi connectivity index (χ1) is 10.3. The van der Waals surface area contributed by atoms with E-state index in [1.54, 1.807) is 44.3 Å². The number of nitrogens with one attached hydrogen (secondary N) is 1. The van der Waals surface area contributed by atoms with Crippen molar-refractivity contribution >= 4 is 33.3 Å². The van der Waals surface area contributed by atoms with Crippen LogP contribution in [0.1, 0.15) is 19.4 Å². The lowest BCUT2D eigenvalue weighted by Crippen LogP contribution is -2.34. The number of non-ortho nitro benzene ring substituents is 1. The second-order valence-electron chi connectivity index (χ2n) is 5.24. The Bertz CT molecular complexity index is 697. The number of anilines is 1. The second-order valence-corrected chi connectivity index (χ2v) is 6.16. The second kappa shape index (κ2) is 6.23. The summed E-state index contributed by atoms with van der Waals surface area (Å²) in [4.78, 5) is 26.7. The molecule has 1 N–H and O–H groups in total. The molecule has 1 aromatic heterocycles. The zero-order valence-corrected chi connectivity index (χ0v) is 13.6. The van der Waals surface area contributed by atoms with Crippen molar-refractivity contribution in [2.75, 3.05) is 5.32 Å². The van der Waals surface area contributed by atoms with Crippen molar-refractivity contribution in [2.45, 2.75) is 19.3 Å². The van der Waals surface area contributed by atoms with Crippen molar-refractivity contribution in [3.05, 3.63) is 62.7 Å². The fourth-order valence-electron chi connectivity index (χ4n) is 1.85. The quantitative estimate of drug-likeness (QED) is 0.663. The molecule has 0 saturated heterocycles. The van der Waals surface area contributed by atoms with E-state index in [1.807, 2.05) is 0 Å². The lowest BCUT2D eigenvalue weighted by atomic mass is 9.83. The Morgan fingerprint density at radius 2 is 1.86 bits per heavy atom. The van der Waals surface area contributed by atoms with E-state index >= 15 is 0 Å². The number of pyridine rings is 1. The summed E-state index contributed by atoms with van der Waals surface area (Å²) in [6.45, 7) is 3.50. The third-order valence-electron chi connectivity index (χ3n) is 3.34. The van der Waals surface area contributed by atoms with E-state index in [4.69, 9.17) is 0 Å². The number of carbonyl (C=O) groups is 1. The third-order valence-corrected chi connectivity index (χ3v) is 3.81. The molecule has 114 valence electrons. The normalized spacial score (nSPS) is 11.0. The highest BCUT2D eigenvalue weighted by Crippen LogP contribution is 2.26. The van der Waals surface area contributed by atoms with Crippen LogP contribution in [-0.2, 0) is 10.2 Å². The van der Waals surface area contributed by atoms with Gasteiger partial charge in [-0.2, -0.15) is 0 Å². The Morgan fingerprint density at radius 1 is 1.23 bits per heavy atom. The van der Waals surface area contributed by atoms with Crippen LogP contribution in [0.15, 0.2) is 47.1 Å². The molecule has 0 aliphatic heterocycles. The highest BCUT2D eigenvalue weighted by molar-refractivity contribution is 9.10. The molecule has 0 aliphatic rings. The van der Waals surface area contributed by atoms with Crippen molar-refractivity contribution in [1.82, 2.24) is 4.98 Å². The van der Waals surface area contributed by atoms with Crippen molar-refractivity contribution in [2.24, 2.45) is 0 Å². The van der Waals surface area contributed by atoms with Crippen LogP contribution < -0.4 is 5.32 Å². The summed E-state index contributed by atoms with van der Waals surface area (Å²) in [5.41, 5.74) is -0.161. The number of hydrogen-bond donors (Lipinski definition) is 1. The number of nitrogens with zero attached hydrogens (tertiary/aromatic N) is 2. The summed E-state index contributed by atoms with van der Waals surface area (Å²) in [6.07, 6.45) is 1.59. The van der Waals surface area contributed by atoms with E-state index in [0.717, 1.165) is 4.47 Å². The lowest BCUT2D eigenvalue weighted by molar-refractivity contribution is -0.384. The van der Waals surface area contributed by atoms with Crippen LogP contribution in [0.25, 0.3) is 0 Å². The molecule has 0 atom stereocenters. The molecule has 0 unspecified atom stereocenters. The summed E-state index contributed by atoms with van der Waals surface area (Å²) in [6, 6.07) is 9.43. The average Bonchev–Trinajstić information content (AvgIpc) is 2.49. The Labute approximate surface area is 135 Å². The number of benzene rings is 1. The van der Waals surface area contributed by atoms with E-state index in [0.29, 0.717) is 11.4 Å². The first-order valence-corrected chi connectivity index (χ1v) is 7.28. The predicted octanol–water partition coefficient (Wildman–Crippen LogP) is 3.67. The minimum Gasteiger partial charge on any atom is -0.310 e. The van der Waals surface area contributed by atoms with Gasteiger partial charge in [-0.25, -0.2) is 4.98 Å². The molecule has 6 nitrogen and oxygen atoms in total. The van der Waals surface area contributed by atoms with Gasteiger partial charge in [-0.3, -0.25) is 14.9 Å². The van der Waals surface area contributed by atoms with Crippen molar-refractivity contribution in [1.29, 1.82) is 0 Å². The van der Waals surface area contributed by atoms with E-state index in [2.05, 4.69) is 26.2 Å². The maximum Gasteiger partial charge on any atom is 0.269 e. The van der Waals surface area contributed by atoms with Gasteiger partial charge in [0.1, 0.15) is 5.82 Å². The monoisotopic (exact) mass is 363 g/mol. The van der Waals surface area contributed by atoms with Gasteiger partial charge in [0.25, 0.3) is 5.69 Å². The molecule has 0 saturated carbocycles. The number of carbonyl (C=O) groups excluding carboxylic acids is 1. The zero-order valence-electron chi connectivity index (χ0n) is 12.0. The molecule has 1 aromatic carbocycles. The van der Waals surface area contributed by atoms with Gasteiger partial charge in [0.05, 0.1) is 10.3 Å². The fraction of sp³-hybridized carbons (Fsp3) is 0.200. The van der Waals surface area contributed by atoms with E-state index in [1.165, 1.54) is 12.1 Å². The number of rotatable bonds is 4. The molecule has 0 fully saturated rings. The summed E-state index contributed by atoms with van der Waals surface area (Å²) >= 11 is 3.28. The zero-order chi connectivity index (χ0) is 16.3. The van der Waals surface area contributed by atoms with E-state index < -0.39 is 10.3 Å². The van der Waals surface area contributed by atoms with Gasteiger partial charge in [-0.05, 0) is 47.5 Å². The van der Waals surface area contributed by atoms with Crippen molar-refractivity contribution in [3.63, 3.8) is 0 Å². The average molecular weight is 364 g/mol. The fourth-order valence-corrected chi connectivity index (χ4v) is 2.09. The first kappa shape index (κ1) is 16.1. The standard InChI is InChI=1S/C15H14BrN3O3/c1-15(2,10-3-6-12(7-4-10)19(21)22)14(20)18-13-8-5-11(16)9-17-13/h3-9H,1-2H3,(H,17,18,20). The Kier molecular flexibility index (Phi) is 4.56. The topological polar surface area (TPSA) is 85.1 Å². The predicted molar refractivity (Wildman–Crippen MR) is 86.7 cm³/mol. The van der Waals surface area contributed by atoms with Gasteiger partial charge in [0.15, 0.2) is 0 Å². The Hall–Kier alpha value is -2.28. The van der Waals surface area contributed by atoms with Gasteiger partial charge in [0.2, 0.25) is 5.91 Å². The van der Waals surface area contributed by atoms with Crippen LogP contribution in [0.2, 0.25) is 0 Å². The highest BCUT2D eigenvalue weighted by Gasteiger charge is 2.30. The number of nitro groups is 1. The summed E-state index contributed by atoms with van der Waals surface area (Å²) < 4.78 is 0.820. The molecule has 0 bridgehead atoms. The first-order valence-electron chi connectivity index (χ1n) is 6.48. The molecule has 0 spiro atoms. The maximum atomic E-state index is 12.4. The number of amides is 1. The van der Waals surface area contributed by atoms with Crippen LogP contribution in [-0.4, -0.2) is 15.8 Å². The van der Waals surface area contributed by atoms with E-state index in [9.17, 15) is 14.9 Å². The molecular formula is C15H14BrN3O3. The summed E-state index contributed by atoms with van der Waals surface area (Å²) in [5, 5.41) is 13.4. The molecule has 2 aromatic rings. The van der Waals surface area contributed by atoms with Gasteiger partial charge < -0.3 is 5.32 Å². The van der Waals surface area contributed by atoms with Crippen LogP contribution >= 0.6 is 15.9 Å². The molecule has 7 heteroatoms. The van der Waals surface area contributed by atoms with Gasteiger partial charge in [-0.1, -0.05) is 12.1 Å². The SMILES string of the molecule is CC(C)(C(=O)Nc1ccc(Br)cn1)c1ccc([N+](=O)[O-])cc1. The van der Waals surface area contributed by atoms with Crippen molar-refractivity contribution < 1.29 is 9.72 Å². The molecule has 22 heavy (non-hydrogen) atoms. The number of aromatic nitrogens is 1. The molecule has 1 amide bonds. The maximum absolute atomic E-state index is 12.4. The highest BCUT2D eigenvalue weighted by atomic mass is 79.9. The molecule has 0 aliphatic carbocycles. The molecule has 2 rings (SSSR count). The Balaban J connectivity index is 2.19. The van der Waals surface area contributed by atoms with Gasteiger partial charge in [-0.15, -0.1) is 0 Å². The third kappa shape index (κ3) is 3.48.